The standard InChI is InChI=1S/C15H14FNO3/c1-7-5-11-12(8(2)13(7)16)14(18)10(15(19)20)6-17(11)9-3-4-9/h5-6,9H,3-4H2,1-2H3,(H,19,20). The van der Waals surface area contributed by atoms with E-state index in [9.17, 15) is 14.0 Å². The van der Waals surface area contributed by atoms with Crippen LogP contribution in [0, 0.1) is 19.7 Å². The van der Waals surface area contributed by atoms with Crippen molar-refractivity contribution in [2.24, 2.45) is 0 Å². The molecule has 0 unspecified atom stereocenters. The maximum absolute atomic E-state index is 14.0. The molecule has 104 valence electrons. The highest BCUT2D eigenvalue weighted by Crippen LogP contribution is 2.37. The van der Waals surface area contributed by atoms with Crippen molar-refractivity contribution in [3.8, 4) is 0 Å². The van der Waals surface area contributed by atoms with Gasteiger partial charge in [-0.15, -0.1) is 0 Å². The van der Waals surface area contributed by atoms with Crippen LogP contribution in [-0.2, 0) is 0 Å². The van der Waals surface area contributed by atoms with Gasteiger partial charge in [0.05, 0.1) is 10.9 Å². The Labute approximate surface area is 114 Å². The summed E-state index contributed by atoms with van der Waals surface area (Å²) in [6.45, 7) is 3.17. The van der Waals surface area contributed by atoms with E-state index in [0.717, 1.165) is 12.8 Å². The number of carbonyl (C=O) groups is 1. The molecule has 5 heteroatoms. The maximum atomic E-state index is 14.0. The molecule has 0 spiro atoms. The lowest BCUT2D eigenvalue weighted by molar-refractivity contribution is 0.0695. The summed E-state index contributed by atoms with van der Waals surface area (Å²) in [6.07, 6.45) is 3.29. The van der Waals surface area contributed by atoms with Crippen LogP contribution in [0.5, 0.6) is 0 Å². The van der Waals surface area contributed by atoms with Crippen LogP contribution in [-0.4, -0.2) is 15.6 Å². The predicted octanol–water partition coefficient (Wildman–Crippen LogP) is 2.79. The second kappa shape index (κ2) is 4.16. The molecule has 0 amide bonds. The highest BCUT2D eigenvalue weighted by molar-refractivity contribution is 5.94. The van der Waals surface area contributed by atoms with E-state index in [1.807, 2.05) is 0 Å². The lowest BCUT2D eigenvalue weighted by atomic mass is 10.0. The normalized spacial score (nSPS) is 14.8. The first-order valence-corrected chi connectivity index (χ1v) is 6.49. The number of halogens is 1. The number of hydrogen-bond donors (Lipinski definition) is 1. The third-order valence-electron chi connectivity index (χ3n) is 3.85. The highest BCUT2D eigenvalue weighted by Gasteiger charge is 2.27. The second-order valence-electron chi connectivity index (χ2n) is 5.34. The van der Waals surface area contributed by atoms with Crippen LogP contribution < -0.4 is 5.43 Å². The number of fused-ring (bicyclic) bond motifs is 1. The molecule has 1 N–H and O–H groups in total. The van der Waals surface area contributed by atoms with Crippen molar-refractivity contribution in [1.82, 2.24) is 4.57 Å². The van der Waals surface area contributed by atoms with Gasteiger partial charge in [-0.25, -0.2) is 9.18 Å². The molecule has 1 aliphatic carbocycles. The quantitative estimate of drug-likeness (QED) is 0.916. The zero-order chi connectivity index (χ0) is 14.6. The SMILES string of the molecule is Cc1cc2c(c(C)c1F)c(=O)c(C(=O)O)cn2C1CC1. The van der Waals surface area contributed by atoms with Gasteiger partial charge in [0.25, 0.3) is 0 Å². The summed E-state index contributed by atoms with van der Waals surface area (Å²) >= 11 is 0. The Balaban J connectivity index is 2.52. The zero-order valence-electron chi connectivity index (χ0n) is 11.2. The van der Waals surface area contributed by atoms with Crippen LogP contribution in [0.25, 0.3) is 10.9 Å². The fraction of sp³-hybridized carbons (Fsp3) is 0.333. The molecule has 0 radical (unpaired) electrons. The van der Waals surface area contributed by atoms with Crippen molar-refractivity contribution in [2.45, 2.75) is 32.7 Å². The smallest absolute Gasteiger partial charge is 0.341 e. The molecule has 1 aromatic carbocycles. The van der Waals surface area contributed by atoms with E-state index in [0.29, 0.717) is 11.1 Å². The minimum atomic E-state index is -1.27. The number of aromatic carboxylic acids is 1. The summed E-state index contributed by atoms with van der Waals surface area (Å²) in [5, 5.41) is 9.34. The number of aryl methyl sites for hydroxylation is 2. The lowest BCUT2D eigenvalue weighted by Gasteiger charge is -2.14. The van der Waals surface area contributed by atoms with Gasteiger partial charge in [-0.05, 0) is 43.9 Å². The van der Waals surface area contributed by atoms with Crippen molar-refractivity contribution in [3.05, 3.63) is 45.0 Å². The van der Waals surface area contributed by atoms with Gasteiger partial charge < -0.3 is 9.67 Å². The number of rotatable bonds is 2. The topological polar surface area (TPSA) is 59.3 Å². The number of aromatic nitrogens is 1. The number of carboxylic acid groups (broad SMARTS) is 1. The first kappa shape index (κ1) is 12.8. The van der Waals surface area contributed by atoms with E-state index in [2.05, 4.69) is 0 Å². The van der Waals surface area contributed by atoms with Crippen molar-refractivity contribution < 1.29 is 14.3 Å². The van der Waals surface area contributed by atoms with Crippen molar-refractivity contribution >= 4 is 16.9 Å². The summed E-state index contributed by atoms with van der Waals surface area (Å²) in [4.78, 5) is 23.5. The van der Waals surface area contributed by atoms with Crippen LogP contribution in [0.1, 0.15) is 40.4 Å². The monoisotopic (exact) mass is 275 g/mol. The van der Waals surface area contributed by atoms with Crippen LogP contribution in [0.4, 0.5) is 4.39 Å². The van der Waals surface area contributed by atoms with Crippen LogP contribution in [0.3, 0.4) is 0 Å². The van der Waals surface area contributed by atoms with Crippen molar-refractivity contribution in [2.75, 3.05) is 0 Å². The van der Waals surface area contributed by atoms with Gasteiger partial charge in [-0.2, -0.15) is 0 Å². The third kappa shape index (κ3) is 1.73. The third-order valence-corrected chi connectivity index (χ3v) is 3.85. The van der Waals surface area contributed by atoms with Gasteiger partial charge in [-0.3, -0.25) is 4.79 Å². The van der Waals surface area contributed by atoms with E-state index in [1.165, 1.54) is 13.1 Å². The molecule has 1 aromatic heterocycles. The Kier molecular flexibility index (Phi) is 2.67. The summed E-state index contributed by atoms with van der Waals surface area (Å²) in [7, 11) is 0. The van der Waals surface area contributed by atoms with Crippen LogP contribution in [0.15, 0.2) is 17.1 Å². The Morgan fingerprint density at radius 3 is 2.60 bits per heavy atom. The number of carboxylic acids is 1. The predicted molar refractivity (Wildman–Crippen MR) is 72.9 cm³/mol. The molecule has 4 nitrogen and oxygen atoms in total. The zero-order valence-corrected chi connectivity index (χ0v) is 11.2. The Morgan fingerprint density at radius 2 is 2.05 bits per heavy atom. The van der Waals surface area contributed by atoms with Crippen molar-refractivity contribution in [3.63, 3.8) is 0 Å². The molecule has 20 heavy (non-hydrogen) atoms. The summed E-state index contributed by atoms with van der Waals surface area (Å²) in [5.41, 5.74) is 0.407. The maximum Gasteiger partial charge on any atom is 0.341 e. The van der Waals surface area contributed by atoms with E-state index >= 15 is 0 Å². The summed E-state index contributed by atoms with van der Waals surface area (Å²) in [6, 6.07) is 1.84. The fourth-order valence-corrected chi connectivity index (χ4v) is 2.64. The van der Waals surface area contributed by atoms with E-state index in [1.54, 1.807) is 17.6 Å². The second-order valence-corrected chi connectivity index (χ2v) is 5.34. The average Bonchev–Trinajstić information content (AvgIpc) is 3.20. The number of pyridine rings is 1. The number of nitrogens with zero attached hydrogens (tertiary/aromatic N) is 1. The Hall–Kier alpha value is -2.17. The Bertz CT molecular complexity index is 803. The first-order valence-electron chi connectivity index (χ1n) is 6.49. The van der Waals surface area contributed by atoms with E-state index < -0.39 is 17.2 Å². The molecule has 0 atom stereocenters. The highest BCUT2D eigenvalue weighted by atomic mass is 19.1. The molecule has 0 aliphatic heterocycles. The molecule has 2 aromatic rings. The number of hydrogen-bond acceptors (Lipinski definition) is 2. The summed E-state index contributed by atoms with van der Waals surface area (Å²) < 4.78 is 15.8. The van der Waals surface area contributed by atoms with Gasteiger partial charge in [-0.1, -0.05) is 0 Å². The molecular formula is C15H14FNO3. The first-order chi connectivity index (χ1) is 9.41. The molecule has 1 fully saturated rings. The van der Waals surface area contributed by atoms with Gasteiger partial charge in [0.2, 0.25) is 5.43 Å². The van der Waals surface area contributed by atoms with E-state index in [-0.39, 0.29) is 22.6 Å². The van der Waals surface area contributed by atoms with Crippen molar-refractivity contribution in [1.29, 1.82) is 0 Å². The Morgan fingerprint density at radius 1 is 1.40 bits per heavy atom. The lowest BCUT2D eigenvalue weighted by Crippen LogP contribution is -2.20. The molecule has 0 saturated heterocycles. The van der Waals surface area contributed by atoms with Crippen LogP contribution in [0.2, 0.25) is 0 Å². The molecule has 1 aliphatic rings. The molecule has 3 rings (SSSR count). The van der Waals surface area contributed by atoms with Gasteiger partial charge in [0.15, 0.2) is 0 Å². The average molecular weight is 275 g/mol. The van der Waals surface area contributed by atoms with Gasteiger partial charge in [0.1, 0.15) is 11.4 Å². The van der Waals surface area contributed by atoms with E-state index in [4.69, 9.17) is 5.11 Å². The summed E-state index contributed by atoms with van der Waals surface area (Å²) in [5.74, 6) is -1.72. The largest absolute Gasteiger partial charge is 0.477 e. The van der Waals surface area contributed by atoms with Crippen LogP contribution >= 0.6 is 0 Å². The molecule has 0 bridgehead atoms. The minimum absolute atomic E-state index is 0.180. The minimum Gasteiger partial charge on any atom is -0.477 e. The van der Waals surface area contributed by atoms with Gasteiger partial charge in [0, 0.05) is 12.2 Å². The molecule has 1 saturated carbocycles. The fourth-order valence-electron chi connectivity index (χ4n) is 2.64. The van der Waals surface area contributed by atoms with Gasteiger partial charge >= 0.3 is 5.97 Å². The molecular weight excluding hydrogens is 261 g/mol. The molecule has 1 heterocycles. The number of benzene rings is 1.